The number of ketones is 1. The fourth-order valence-electron chi connectivity index (χ4n) is 3.78. The van der Waals surface area contributed by atoms with Gasteiger partial charge < -0.3 is 20.8 Å². The lowest BCUT2D eigenvalue weighted by Gasteiger charge is -2.29. The molecule has 150 valence electrons. The largest absolute Gasteiger partial charge is 0.482 e. The van der Waals surface area contributed by atoms with E-state index in [1.807, 2.05) is 24.3 Å². The monoisotopic (exact) mass is 392 g/mol. The molecule has 0 radical (unpaired) electrons. The Morgan fingerprint density at radius 2 is 2.00 bits per heavy atom. The second-order valence-corrected chi connectivity index (χ2v) is 7.46. The number of benzene rings is 2. The summed E-state index contributed by atoms with van der Waals surface area (Å²) in [5, 5.41) is 3.34. The van der Waals surface area contributed by atoms with Crippen molar-refractivity contribution in [1.82, 2.24) is 15.3 Å². The van der Waals surface area contributed by atoms with Gasteiger partial charge in [0.15, 0.2) is 11.9 Å². The highest BCUT2D eigenvalue weighted by Gasteiger charge is 2.28. The number of nitrogens with one attached hydrogen (secondary N) is 2. The molecule has 1 saturated heterocycles. The van der Waals surface area contributed by atoms with Gasteiger partial charge in [0.05, 0.1) is 11.0 Å². The predicted octanol–water partition coefficient (Wildman–Crippen LogP) is 2.66. The Hall–Kier alpha value is -3.19. The number of imidazole rings is 1. The van der Waals surface area contributed by atoms with Crippen LogP contribution in [0.15, 0.2) is 42.5 Å². The molecule has 0 aliphatic carbocycles. The molecule has 2 aromatic carbocycles. The van der Waals surface area contributed by atoms with E-state index in [2.05, 4.69) is 15.3 Å². The lowest BCUT2D eigenvalue weighted by molar-refractivity contribution is -0.126. The second-order valence-electron chi connectivity index (χ2n) is 7.46. The molecular weight excluding hydrogens is 368 g/mol. The van der Waals surface area contributed by atoms with Crippen LogP contribution in [0, 0.1) is 5.92 Å². The number of Topliss-reactive ketones (excluding diaryl/α,β-unsaturated/α-hetero) is 1. The van der Waals surface area contributed by atoms with Gasteiger partial charge >= 0.3 is 0 Å². The summed E-state index contributed by atoms with van der Waals surface area (Å²) < 4.78 is 6.04. The summed E-state index contributed by atoms with van der Waals surface area (Å²) in [6.07, 6.45) is 1.61. The topological polar surface area (TPSA) is 110 Å². The molecule has 1 amide bonds. The first-order valence-electron chi connectivity index (χ1n) is 9.79. The van der Waals surface area contributed by atoms with Gasteiger partial charge in [0.1, 0.15) is 11.6 Å². The smallest absolute Gasteiger partial charge is 0.248 e. The zero-order valence-electron chi connectivity index (χ0n) is 16.3. The molecule has 0 spiro atoms. The van der Waals surface area contributed by atoms with Crippen LogP contribution < -0.4 is 15.8 Å². The molecular formula is C22H24N4O3. The molecule has 1 fully saturated rings. The van der Waals surface area contributed by atoms with Gasteiger partial charge in [0.2, 0.25) is 5.91 Å². The fourth-order valence-corrected chi connectivity index (χ4v) is 3.78. The number of piperidine rings is 1. The summed E-state index contributed by atoms with van der Waals surface area (Å²) in [5.41, 5.74) is 8.15. The van der Waals surface area contributed by atoms with Gasteiger partial charge in [-0.05, 0) is 68.8 Å². The summed E-state index contributed by atoms with van der Waals surface area (Å²) in [4.78, 5) is 31.3. The summed E-state index contributed by atoms with van der Waals surface area (Å²) in [7, 11) is 0. The number of nitrogens with two attached hydrogens (primary N) is 1. The van der Waals surface area contributed by atoms with Crippen LogP contribution in [0.25, 0.3) is 22.4 Å². The lowest BCUT2D eigenvalue weighted by Crippen LogP contribution is -2.42. The normalized spacial score (nSPS) is 17.8. The first-order chi connectivity index (χ1) is 14.0. The molecule has 2 heterocycles. The zero-order valence-corrected chi connectivity index (χ0v) is 16.3. The number of hydrogen-bond acceptors (Lipinski definition) is 5. The van der Waals surface area contributed by atoms with Crippen molar-refractivity contribution in [3.63, 3.8) is 0 Å². The number of amides is 1. The third kappa shape index (κ3) is 4.14. The van der Waals surface area contributed by atoms with E-state index in [9.17, 15) is 9.59 Å². The summed E-state index contributed by atoms with van der Waals surface area (Å²) in [6, 6.07) is 12.6. The van der Waals surface area contributed by atoms with Crippen LogP contribution in [-0.2, 0) is 4.79 Å². The average Bonchev–Trinajstić information content (AvgIpc) is 3.16. The first-order valence-corrected chi connectivity index (χ1v) is 9.79. The number of hydrogen-bond donors (Lipinski definition) is 3. The standard InChI is InChI=1S/C22H24N4O3/c1-13(27)20(16-3-2-10-24-12-16)29-17-7-4-14(5-8-17)22-25-18-9-6-15(21(23)28)11-19(18)26-22/h4-9,11,16,20,24H,2-3,10,12H2,1H3,(H2,23,28)(H,25,26). The summed E-state index contributed by atoms with van der Waals surface area (Å²) in [6.45, 7) is 3.38. The molecule has 0 bridgehead atoms. The molecule has 1 aromatic heterocycles. The van der Waals surface area contributed by atoms with E-state index < -0.39 is 12.0 Å². The van der Waals surface area contributed by atoms with E-state index in [1.54, 1.807) is 25.1 Å². The van der Waals surface area contributed by atoms with E-state index in [0.29, 0.717) is 22.7 Å². The van der Waals surface area contributed by atoms with E-state index >= 15 is 0 Å². The molecule has 3 aromatic rings. The number of rotatable bonds is 6. The third-order valence-electron chi connectivity index (χ3n) is 5.32. The molecule has 0 saturated carbocycles. The number of nitrogens with zero attached hydrogens (tertiary/aromatic N) is 1. The highest BCUT2D eigenvalue weighted by Crippen LogP contribution is 2.26. The number of ether oxygens (including phenoxy) is 1. The molecule has 7 nitrogen and oxygen atoms in total. The number of H-pyrrole nitrogens is 1. The summed E-state index contributed by atoms with van der Waals surface area (Å²) in [5.74, 6) is 1.10. The van der Waals surface area contributed by atoms with Crippen molar-refractivity contribution in [2.24, 2.45) is 11.7 Å². The Bertz CT molecular complexity index is 1040. The Labute approximate surface area is 168 Å². The Morgan fingerprint density at radius 3 is 2.66 bits per heavy atom. The van der Waals surface area contributed by atoms with Crippen molar-refractivity contribution in [2.75, 3.05) is 13.1 Å². The van der Waals surface area contributed by atoms with Gasteiger partial charge in [-0.25, -0.2) is 4.98 Å². The Morgan fingerprint density at radius 1 is 1.21 bits per heavy atom. The Kier molecular flexibility index (Phi) is 5.31. The molecule has 2 unspecified atom stereocenters. The molecule has 1 aliphatic heterocycles. The van der Waals surface area contributed by atoms with Gasteiger partial charge in [-0.3, -0.25) is 9.59 Å². The minimum absolute atomic E-state index is 0.0466. The minimum atomic E-state index is -0.480. The van der Waals surface area contributed by atoms with E-state index in [1.165, 1.54) is 0 Å². The van der Waals surface area contributed by atoms with Crippen LogP contribution in [0.5, 0.6) is 5.75 Å². The highest BCUT2D eigenvalue weighted by molar-refractivity contribution is 5.96. The van der Waals surface area contributed by atoms with Crippen LogP contribution >= 0.6 is 0 Å². The molecule has 1 aliphatic rings. The number of aromatic amines is 1. The number of fused-ring (bicyclic) bond motifs is 1. The SMILES string of the molecule is CC(=O)C(Oc1ccc(-c2nc3cc(C(N)=O)ccc3[nH]2)cc1)C1CCCNC1. The Balaban J connectivity index is 1.53. The van der Waals surface area contributed by atoms with E-state index in [-0.39, 0.29) is 11.7 Å². The second kappa shape index (κ2) is 8.05. The fraction of sp³-hybridized carbons (Fsp3) is 0.318. The average molecular weight is 392 g/mol. The summed E-state index contributed by atoms with van der Waals surface area (Å²) >= 11 is 0. The number of carbonyl (C=O) groups excluding carboxylic acids is 2. The maximum absolute atomic E-state index is 12.1. The number of carbonyl (C=O) groups is 2. The van der Waals surface area contributed by atoms with Gasteiger partial charge in [0, 0.05) is 23.6 Å². The lowest BCUT2D eigenvalue weighted by atomic mass is 9.91. The number of aromatic nitrogens is 2. The van der Waals surface area contributed by atoms with Crippen molar-refractivity contribution in [3.05, 3.63) is 48.0 Å². The maximum atomic E-state index is 12.1. The zero-order chi connectivity index (χ0) is 20.4. The predicted molar refractivity (Wildman–Crippen MR) is 111 cm³/mol. The quantitative estimate of drug-likeness (QED) is 0.597. The molecule has 4 N–H and O–H groups in total. The number of primary amides is 1. The van der Waals surface area contributed by atoms with Crippen LogP contribution in [0.2, 0.25) is 0 Å². The van der Waals surface area contributed by atoms with Crippen LogP contribution in [-0.4, -0.2) is 40.9 Å². The van der Waals surface area contributed by atoms with E-state index in [0.717, 1.165) is 37.0 Å². The third-order valence-corrected chi connectivity index (χ3v) is 5.32. The van der Waals surface area contributed by atoms with Crippen LogP contribution in [0.4, 0.5) is 0 Å². The van der Waals surface area contributed by atoms with Crippen molar-refractivity contribution >= 4 is 22.7 Å². The maximum Gasteiger partial charge on any atom is 0.248 e. The van der Waals surface area contributed by atoms with Crippen molar-refractivity contribution in [3.8, 4) is 17.1 Å². The molecule has 29 heavy (non-hydrogen) atoms. The molecule has 7 heteroatoms. The van der Waals surface area contributed by atoms with Gasteiger partial charge in [-0.1, -0.05) is 0 Å². The van der Waals surface area contributed by atoms with E-state index in [4.69, 9.17) is 10.5 Å². The molecule has 2 atom stereocenters. The van der Waals surface area contributed by atoms with Crippen molar-refractivity contribution < 1.29 is 14.3 Å². The van der Waals surface area contributed by atoms with Gasteiger partial charge in [0.25, 0.3) is 0 Å². The highest BCUT2D eigenvalue weighted by atomic mass is 16.5. The van der Waals surface area contributed by atoms with Crippen molar-refractivity contribution in [1.29, 1.82) is 0 Å². The van der Waals surface area contributed by atoms with Gasteiger partial charge in [-0.15, -0.1) is 0 Å². The van der Waals surface area contributed by atoms with Crippen LogP contribution in [0.1, 0.15) is 30.1 Å². The van der Waals surface area contributed by atoms with Crippen LogP contribution in [0.3, 0.4) is 0 Å². The first kappa shape index (κ1) is 19.1. The van der Waals surface area contributed by atoms with Gasteiger partial charge in [-0.2, -0.15) is 0 Å². The molecule has 4 rings (SSSR count). The minimum Gasteiger partial charge on any atom is -0.482 e. The van der Waals surface area contributed by atoms with Crippen molar-refractivity contribution in [2.45, 2.75) is 25.9 Å².